The number of aromatic nitrogens is 2. The number of ether oxygens (including phenoxy) is 1. The number of thiophene rings is 1. The molecule has 10 heteroatoms. The quantitative estimate of drug-likeness (QED) is 0.750. The van der Waals surface area contributed by atoms with Gasteiger partial charge in [-0.05, 0) is 18.9 Å². The molecule has 0 radical (unpaired) electrons. The molecular weight excluding hydrogens is 361 g/mol. The van der Waals surface area contributed by atoms with E-state index in [0.29, 0.717) is 16.4 Å². The highest BCUT2D eigenvalue weighted by atomic mass is 32.1. The van der Waals surface area contributed by atoms with E-state index in [1.807, 2.05) is 0 Å². The van der Waals surface area contributed by atoms with E-state index >= 15 is 0 Å². The van der Waals surface area contributed by atoms with Crippen molar-refractivity contribution in [3.8, 4) is 0 Å². The second-order valence-corrected chi connectivity index (χ2v) is 6.97. The normalized spacial score (nSPS) is 20.2. The van der Waals surface area contributed by atoms with Crippen molar-refractivity contribution in [1.82, 2.24) is 9.13 Å². The first-order valence-corrected chi connectivity index (χ1v) is 8.33. The van der Waals surface area contributed by atoms with Crippen molar-refractivity contribution in [2.75, 3.05) is 13.7 Å². The molecule has 2 heterocycles. The lowest BCUT2D eigenvalue weighted by Gasteiger charge is -2.12. The number of carbonyl (C=O) groups excluding carboxylic acids is 1. The molecule has 0 aliphatic heterocycles. The van der Waals surface area contributed by atoms with Gasteiger partial charge in [0, 0.05) is 7.11 Å². The van der Waals surface area contributed by atoms with Crippen LogP contribution in [0.2, 0.25) is 0 Å². The summed E-state index contributed by atoms with van der Waals surface area (Å²) in [6.07, 6.45) is -4.18. The molecule has 0 N–H and O–H groups in total. The van der Waals surface area contributed by atoms with Gasteiger partial charge in [0.2, 0.25) is 0 Å². The van der Waals surface area contributed by atoms with Crippen LogP contribution in [0.4, 0.5) is 13.2 Å². The molecule has 1 aliphatic carbocycles. The van der Waals surface area contributed by atoms with Crippen LogP contribution in [0.15, 0.2) is 9.59 Å². The van der Waals surface area contributed by atoms with E-state index in [-0.39, 0.29) is 34.7 Å². The van der Waals surface area contributed by atoms with Gasteiger partial charge in [0.25, 0.3) is 5.56 Å². The van der Waals surface area contributed by atoms with E-state index in [4.69, 9.17) is 4.74 Å². The Morgan fingerprint density at radius 2 is 2.04 bits per heavy atom. The predicted octanol–water partition coefficient (Wildman–Crippen LogP) is 2.12. The molecular formula is C15H15F3N2O4S. The lowest BCUT2D eigenvalue weighted by atomic mass is 10.2. The Hall–Kier alpha value is -1.94. The number of nitrogens with zero attached hydrogens (tertiary/aromatic N) is 2. The molecule has 6 nitrogen and oxygen atoms in total. The first-order chi connectivity index (χ1) is 11.7. The van der Waals surface area contributed by atoms with Crippen molar-refractivity contribution in [2.24, 2.45) is 5.92 Å². The third-order valence-electron chi connectivity index (χ3n) is 4.41. The molecule has 2 aromatic rings. The van der Waals surface area contributed by atoms with E-state index < -0.39 is 29.4 Å². The molecule has 1 fully saturated rings. The van der Waals surface area contributed by atoms with Crippen LogP contribution in [-0.4, -0.2) is 35.3 Å². The van der Waals surface area contributed by atoms with Crippen molar-refractivity contribution >= 4 is 27.8 Å². The molecule has 0 spiro atoms. The maximum Gasteiger partial charge on any atom is 0.393 e. The number of halogens is 3. The first-order valence-electron chi connectivity index (χ1n) is 7.51. The standard InChI is InChI=1S/C15H15F3N2O4S/c1-7-10(6-21)25-13-11(7)12(22)20(9-5-8(9)15(16,17)18)14(23)19(13)3-4-24-2/h6,8-9H,3-5H2,1-2H3. The number of carbonyl (C=O) groups is 1. The van der Waals surface area contributed by atoms with Gasteiger partial charge in [0.1, 0.15) is 4.83 Å². The van der Waals surface area contributed by atoms with Crippen LogP contribution in [0.1, 0.15) is 27.7 Å². The van der Waals surface area contributed by atoms with Crippen molar-refractivity contribution < 1.29 is 22.7 Å². The number of alkyl halides is 3. The number of fused-ring (bicyclic) bond motifs is 1. The van der Waals surface area contributed by atoms with Gasteiger partial charge in [0.05, 0.1) is 35.4 Å². The summed E-state index contributed by atoms with van der Waals surface area (Å²) in [5.41, 5.74) is -1.19. The Labute approximate surface area is 143 Å². The monoisotopic (exact) mass is 376 g/mol. The number of aryl methyl sites for hydroxylation is 1. The molecule has 2 atom stereocenters. The van der Waals surface area contributed by atoms with Gasteiger partial charge in [-0.25, -0.2) is 4.79 Å². The van der Waals surface area contributed by atoms with E-state index in [1.165, 1.54) is 11.7 Å². The van der Waals surface area contributed by atoms with E-state index in [0.717, 1.165) is 11.3 Å². The van der Waals surface area contributed by atoms with E-state index in [9.17, 15) is 27.6 Å². The van der Waals surface area contributed by atoms with Gasteiger partial charge < -0.3 is 4.74 Å². The van der Waals surface area contributed by atoms with Gasteiger partial charge in [-0.3, -0.25) is 18.7 Å². The largest absolute Gasteiger partial charge is 0.393 e. The molecule has 3 rings (SSSR count). The van der Waals surface area contributed by atoms with Crippen LogP contribution in [0.25, 0.3) is 10.2 Å². The molecule has 0 aromatic carbocycles. The lowest BCUT2D eigenvalue weighted by Crippen LogP contribution is -2.40. The summed E-state index contributed by atoms with van der Waals surface area (Å²) in [5, 5.41) is 0.121. The summed E-state index contributed by atoms with van der Waals surface area (Å²) in [7, 11) is 1.43. The summed E-state index contributed by atoms with van der Waals surface area (Å²) >= 11 is 0.980. The maximum absolute atomic E-state index is 12.9. The zero-order valence-corrected chi connectivity index (χ0v) is 14.2. The first kappa shape index (κ1) is 17.9. The summed E-state index contributed by atoms with van der Waals surface area (Å²) in [6.45, 7) is 1.77. The smallest absolute Gasteiger partial charge is 0.383 e. The minimum absolute atomic E-state index is 0.0772. The molecule has 1 aliphatic rings. The van der Waals surface area contributed by atoms with E-state index in [1.54, 1.807) is 6.92 Å². The fourth-order valence-electron chi connectivity index (χ4n) is 2.98. The molecule has 0 amide bonds. The summed E-state index contributed by atoms with van der Waals surface area (Å²) in [4.78, 5) is 37.1. The highest BCUT2D eigenvalue weighted by Crippen LogP contribution is 2.52. The maximum atomic E-state index is 12.9. The SMILES string of the molecule is COCCn1c(=O)n(C2CC2C(F)(F)F)c(=O)c2c(C)c(C=O)sc21. The third kappa shape index (κ3) is 2.82. The topological polar surface area (TPSA) is 70.3 Å². The second kappa shape index (κ2) is 6.10. The van der Waals surface area contributed by atoms with Gasteiger partial charge >= 0.3 is 11.9 Å². The average Bonchev–Trinajstić information content (AvgIpc) is 3.25. The summed E-state index contributed by atoms with van der Waals surface area (Å²) in [6, 6.07) is -1.20. The van der Waals surface area contributed by atoms with Crippen LogP contribution < -0.4 is 11.2 Å². The Morgan fingerprint density at radius 3 is 2.56 bits per heavy atom. The zero-order valence-electron chi connectivity index (χ0n) is 13.4. The second-order valence-electron chi connectivity index (χ2n) is 5.94. The number of aldehydes is 1. The van der Waals surface area contributed by atoms with Gasteiger partial charge in [-0.1, -0.05) is 0 Å². The van der Waals surface area contributed by atoms with E-state index in [2.05, 4.69) is 0 Å². The fraction of sp³-hybridized carbons (Fsp3) is 0.533. The third-order valence-corrected chi connectivity index (χ3v) is 5.65. The summed E-state index contributed by atoms with van der Waals surface area (Å²) < 4.78 is 45.6. The highest BCUT2D eigenvalue weighted by molar-refractivity contribution is 7.20. The van der Waals surface area contributed by atoms with Crippen molar-refractivity contribution in [1.29, 1.82) is 0 Å². The van der Waals surface area contributed by atoms with Crippen LogP contribution in [0, 0.1) is 12.8 Å². The molecule has 2 aromatic heterocycles. The number of hydrogen-bond acceptors (Lipinski definition) is 5. The van der Waals surface area contributed by atoms with Crippen molar-refractivity contribution in [3.63, 3.8) is 0 Å². The van der Waals surface area contributed by atoms with Crippen LogP contribution in [0.3, 0.4) is 0 Å². The van der Waals surface area contributed by atoms with Crippen LogP contribution in [0.5, 0.6) is 0 Å². The predicted molar refractivity (Wildman–Crippen MR) is 85.5 cm³/mol. The molecule has 0 saturated heterocycles. The van der Waals surface area contributed by atoms with Crippen molar-refractivity contribution in [3.05, 3.63) is 31.3 Å². The number of methoxy groups -OCH3 is 1. The molecule has 2 unspecified atom stereocenters. The summed E-state index contributed by atoms with van der Waals surface area (Å²) in [5.74, 6) is -1.70. The Morgan fingerprint density at radius 1 is 1.36 bits per heavy atom. The number of rotatable bonds is 5. The minimum Gasteiger partial charge on any atom is -0.383 e. The van der Waals surface area contributed by atoms with Crippen molar-refractivity contribution in [2.45, 2.75) is 32.1 Å². The van der Waals surface area contributed by atoms with Gasteiger partial charge in [-0.15, -0.1) is 11.3 Å². The van der Waals surface area contributed by atoms with Crippen LogP contribution >= 0.6 is 11.3 Å². The molecule has 136 valence electrons. The Kier molecular flexibility index (Phi) is 4.36. The zero-order chi connectivity index (χ0) is 18.5. The number of hydrogen-bond donors (Lipinski definition) is 0. The minimum atomic E-state index is -4.46. The lowest BCUT2D eigenvalue weighted by molar-refractivity contribution is -0.150. The Balaban J connectivity index is 2.28. The fourth-order valence-corrected chi connectivity index (χ4v) is 4.12. The van der Waals surface area contributed by atoms with Gasteiger partial charge in [0.15, 0.2) is 6.29 Å². The highest BCUT2D eigenvalue weighted by Gasteiger charge is 2.57. The molecule has 1 saturated carbocycles. The van der Waals surface area contributed by atoms with Gasteiger partial charge in [-0.2, -0.15) is 13.2 Å². The Bertz CT molecular complexity index is 957. The molecule has 25 heavy (non-hydrogen) atoms. The molecule has 0 bridgehead atoms. The average molecular weight is 376 g/mol. The van der Waals surface area contributed by atoms with Crippen LogP contribution in [-0.2, 0) is 11.3 Å².